The molecule has 3 rings (SSSR count). The number of aryl methyl sites for hydroxylation is 1. The minimum Gasteiger partial charge on any atom is -0.493 e. The summed E-state index contributed by atoms with van der Waals surface area (Å²) in [6, 6.07) is 9.73. The minimum atomic E-state index is -0.768. The number of imide groups is 2. The number of amides is 4. The third-order valence-corrected chi connectivity index (χ3v) is 5.32. The number of carbonyl (C=O) groups is 3. The van der Waals surface area contributed by atoms with E-state index in [0.29, 0.717) is 40.3 Å². The Balaban J connectivity index is 2.03. The first-order chi connectivity index (χ1) is 14.9. The number of carbonyl (C=O) groups excluding carboxylic acids is 3. The van der Waals surface area contributed by atoms with Gasteiger partial charge in [0.15, 0.2) is 11.5 Å². The van der Waals surface area contributed by atoms with Crippen LogP contribution in [0.25, 0.3) is 6.08 Å². The van der Waals surface area contributed by atoms with Gasteiger partial charge in [0.1, 0.15) is 5.57 Å². The smallest absolute Gasteiger partial charge is 0.335 e. The molecule has 31 heavy (non-hydrogen) atoms. The van der Waals surface area contributed by atoms with Gasteiger partial charge < -0.3 is 9.47 Å². The second kappa shape index (κ2) is 9.78. The average molecular weight is 487 g/mol. The van der Waals surface area contributed by atoms with Crippen molar-refractivity contribution < 1.29 is 23.9 Å². The molecular formula is C23H23BrN2O5. The molecule has 7 nitrogen and oxygen atoms in total. The number of hydrogen-bond donors (Lipinski definition) is 1. The van der Waals surface area contributed by atoms with E-state index < -0.39 is 17.8 Å². The molecule has 0 atom stereocenters. The maximum absolute atomic E-state index is 13.2. The zero-order chi connectivity index (χ0) is 22.5. The van der Waals surface area contributed by atoms with Crippen molar-refractivity contribution in [2.75, 3.05) is 18.6 Å². The number of nitrogens with zero attached hydrogens (tertiary/aromatic N) is 1. The number of methoxy groups -OCH3 is 1. The summed E-state index contributed by atoms with van der Waals surface area (Å²) in [5.74, 6) is -0.431. The Labute approximate surface area is 189 Å². The van der Waals surface area contributed by atoms with Crippen molar-refractivity contribution in [1.82, 2.24) is 5.32 Å². The van der Waals surface area contributed by atoms with Crippen LogP contribution in [-0.2, 0) is 16.0 Å². The molecule has 1 heterocycles. The lowest BCUT2D eigenvalue weighted by Gasteiger charge is -2.28. The fourth-order valence-corrected chi connectivity index (χ4v) is 3.81. The largest absolute Gasteiger partial charge is 0.493 e. The Bertz CT molecular complexity index is 1060. The van der Waals surface area contributed by atoms with Gasteiger partial charge in [-0.05, 0) is 64.2 Å². The average Bonchev–Trinajstić information content (AvgIpc) is 2.75. The van der Waals surface area contributed by atoms with E-state index in [1.54, 1.807) is 24.3 Å². The lowest BCUT2D eigenvalue weighted by molar-refractivity contribution is -0.122. The maximum atomic E-state index is 13.2. The second-order valence-corrected chi connectivity index (χ2v) is 7.68. The van der Waals surface area contributed by atoms with Crippen LogP contribution in [0.15, 0.2) is 46.4 Å². The number of anilines is 1. The van der Waals surface area contributed by atoms with E-state index in [2.05, 4.69) is 21.2 Å². The van der Waals surface area contributed by atoms with E-state index in [-0.39, 0.29) is 5.57 Å². The van der Waals surface area contributed by atoms with Gasteiger partial charge in [0.25, 0.3) is 11.8 Å². The molecule has 0 spiro atoms. The van der Waals surface area contributed by atoms with Crippen LogP contribution in [0.3, 0.4) is 0 Å². The molecule has 2 aromatic carbocycles. The van der Waals surface area contributed by atoms with E-state index in [1.807, 2.05) is 26.0 Å². The minimum absolute atomic E-state index is 0.151. The first-order valence-electron chi connectivity index (χ1n) is 9.90. The van der Waals surface area contributed by atoms with E-state index in [9.17, 15) is 14.4 Å². The Morgan fingerprint density at radius 1 is 1.13 bits per heavy atom. The van der Waals surface area contributed by atoms with Gasteiger partial charge in [-0.1, -0.05) is 32.0 Å². The number of para-hydroxylation sites is 1. The number of ether oxygens (including phenoxy) is 2. The summed E-state index contributed by atoms with van der Waals surface area (Å²) < 4.78 is 11.8. The zero-order valence-electron chi connectivity index (χ0n) is 17.5. The van der Waals surface area contributed by atoms with Crippen molar-refractivity contribution in [2.45, 2.75) is 26.7 Å². The van der Waals surface area contributed by atoms with Gasteiger partial charge in [-0.2, -0.15) is 0 Å². The first kappa shape index (κ1) is 22.6. The summed E-state index contributed by atoms with van der Waals surface area (Å²) in [6.07, 6.45) is 2.89. The molecule has 8 heteroatoms. The van der Waals surface area contributed by atoms with Gasteiger partial charge in [0.05, 0.1) is 23.9 Å². The number of urea groups is 1. The number of rotatable bonds is 7. The number of hydrogen-bond acceptors (Lipinski definition) is 5. The summed E-state index contributed by atoms with van der Waals surface area (Å²) in [7, 11) is 1.51. The second-order valence-electron chi connectivity index (χ2n) is 6.82. The highest BCUT2D eigenvalue weighted by Gasteiger charge is 2.37. The van der Waals surface area contributed by atoms with Crippen LogP contribution in [0.2, 0.25) is 0 Å². The normalized spacial score (nSPS) is 15.3. The monoisotopic (exact) mass is 486 g/mol. The van der Waals surface area contributed by atoms with E-state index in [1.165, 1.54) is 13.2 Å². The van der Waals surface area contributed by atoms with Crippen LogP contribution >= 0.6 is 15.9 Å². The lowest BCUT2D eigenvalue weighted by atomic mass is 10.0. The molecule has 0 aromatic heterocycles. The van der Waals surface area contributed by atoms with Crippen LogP contribution in [0.4, 0.5) is 10.5 Å². The Morgan fingerprint density at radius 3 is 2.55 bits per heavy atom. The summed E-state index contributed by atoms with van der Waals surface area (Å²) in [4.78, 5) is 39.1. The Hall–Kier alpha value is -3.13. The van der Waals surface area contributed by atoms with Gasteiger partial charge in [0.2, 0.25) is 0 Å². The summed E-state index contributed by atoms with van der Waals surface area (Å²) in [5.41, 5.74) is 1.67. The molecule has 2 aromatic rings. The summed E-state index contributed by atoms with van der Waals surface area (Å²) >= 11 is 3.46. The number of barbiturate groups is 1. The van der Waals surface area contributed by atoms with Crippen LogP contribution < -0.4 is 19.7 Å². The Kier molecular flexibility index (Phi) is 7.12. The Morgan fingerprint density at radius 2 is 1.87 bits per heavy atom. The number of halogens is 1. The standard InChI is InChI=1S/C23H23BrN2O5/c1-4-10-31-20-17(24)12-14(13-19(20)30-3)11-16-21(27)25-23(29)26(22(16)28)18-9-7-6-8-15(18)5-2/h6-9,11-13H,4-5,10H2,1-3H3,(H,25,27,29)/b16-11-. The number of benzene rings is 2. The fourth-order valence-electron chi connectivity index (χ4n) is 3.24. The van der Waals surface area contributed by atoms with Crippen molar-refractivity contribution in [2.24, 2.45) is 0 Å². The highest BCUT2D eigenvalue weighted by Crippen LogP contribution is 2.37. The summed E-state index contributed by atoms with van der Waals surface area (Å²) in [6.45, 7) is 4.44. The first-order valence-corrected chi connectivity index (χ1v) is 10.7. The topological polar surface area (TPSA) is 84.9 Å². The predicted octanol–water partition coefficient (Wildman–Crippen LogP) is 4.48. The van der Waals surface area contributed by atoms with Crippen molar-refractivity contribution in [3.63, 3.8) is 0 Å². The third kappa shape index (κ3) is 4.64. The fraction of sp³-hybridized carbons (Fsp3) is 0.261. The molecule has 1 fully saturated rings. The van der Waals surface area contributed by atoms with E-state index in [4.69, 9.17) is 9.47 Å². The molecule has 4 amide bonds. The van der Waals surface area contributed by atoms with Crippen molar-refractivity contribution in [3.8, 4) is 11.5 Å². The SMILES string of the molecule is CCCOc1c(Br)cc(/C=C2/C(=O)NC(=O)N(c3ccccc3CC)C2=O)cc1OC. The molecule has 1 saturated heterocycles. The predicted molar refractivity (Wildman–Crippen MR) is 121 cm³/mol. The van der Waals surface area contributed by atoms with Crippen LogP contribution in [-0.4, -0.2) is 31.6 Å². The molecule has 1 aliphatic rings. The highest BCUT2D eigenvalue weighted by atomic mass is 79.9. The van der Waals surface area contributed by atoms with Gasteiger partial charge in [-0.25, -0.2) is 9.69 Å². The van der Waals surface area contributed by atoms with Gasteiger partial charge in [0, 0.05) is 0 Å². The third-order valence-electron chi connectivity index (χ3n) is 4.73. The molecule has 1 N–H and O–H groups in total. The van der Waals surface area contributed by atoms with Crippen molar-refractivity contribution in [1.29, 1.82) is 0 Å². The van der Waals surface area contributed by atoms with E-state index >= 15 is 0 Å². The van der Waals surface area contributed by atoms with Crippen LogP contribution in [0, 0.1) is 0 Å². The van der Waals surface area contributed by atoms with Gasteiger partial charge in [-0.15, -0.1) is 0 Å². The molecule has 0 radical (unpaired) electrons. The van der Waals surface area contributed by atoms with Crippen LogP contribution in [0.5, 0.6) is 11.5 Å². The molecule has 0 unspecified atom stereocenters. The van der Waals surface area contributed by atoms with E-state index in [0.717, 1.165) is 16.9 Å². The molecular weight excluding hydrogens is 464 g/mol. The van der Waals surface area contributed by atoms with Crippen molar-refractivity contribution in [3.05, 3.63) is 57.6 Å². The molecule has 0 aliphatic carbocycles. The van der Waals surface area contributed by atoms with Gasteiger partial charge in [-0.3, -0.25) is 14.9 Å². The van der Waals surface area contributed by atoms with Crippen LogP contribution in [0.1, 0.15) is 31.4 Å². The molecule has 162 valence electrons. The number of nitrogens with one attached hydrogen (secondary N) is 1. The van der Waals surface area contributed by atoms with Gasteiger partial charge >= 0.3 is 6.03 Å². The lowest BCUT2D eigenvalue weighted by Crippen LogP contribution is -2.54. The zero-order valence-corrected chi connectivity index (χ0v) is 19.1. The maximum Gasteiger partial charge on any atom is 0.335 e. The highest BCUT2D eigenvalue weighted by molar-refractivity contribution is 9.10. The molecule has 0 bridgehead atoms. The molecule has 1 aliphatic heterocycles. The quantitative estimate of drug-likeness (QED) is 0.460. The molecule has 0 saturated carbocycles. The van der Waals surface area contributed by atoms with Crippen molar-refractivity contribution >= 4 is 45.5 Å². The summed E-state index contributed by atoms with van der Waals surface area (Å²) in [5, 5.41) is 2.25.